The van der Waals surface area contributed by atoms with Crippen LogP contribution in [-0.4, -0.2) is 26.6 Å². The van der Waals surface area contributed by atoms with Gasteiger partial charge in [0.15, 0.2) is 6.23 Å². The van der Waals surface area contributed by atoms with Gasteiger partial charge in [-0.15, -0.1) is 10.2 Å². The smallest absolute Gasteiger partial charge is 0.247 e. The second kappa shape index (κ2) is 4.85. The number of aromatic nitrogens is 4. The van der Waals surface area contributed by atoms with Crippen molar-refractivity contribution in [2.45, 2.75) is 25.5 Å². The third-order valence-electron chi connectivity index (χ3n) is 3.78. The van der Waals surface area contributed by atoms with Crippen LogP contribution in [0.2, 0.25) is 0 Å². The number of anilines is 1. The Balaban J connectivity index is 1.85. The van der Waals surface area contributed by atoms with Crippen molar-refractivity contribution in [3.8, 4) is 11.5 Å². The van der Waals surface area contributed by atoms with Gasteiger partial charge in [-0.1, -0.05) is 0 Å². The van der Waals surface area contributed by atoms with Gasteiger partial charge in [0.05, 0.1) is 11.7 Å². The summed E-state index contributed by atoms with van der Waals surface area (Å²) in [7, 11) is 0. The molecule has 1 unspecified atom stereocenters. The molecule has 0 aliphatic carbocycles. The number of hydrogen-bond donors (Lipinski definition) is 1. The zero-order valence-corrected chi connectivity index (χ0v) is 11.4. The maximum Gasteiger partial charge on any atom is 0.247 e. The summed E-state index contributed by atoms with van der Waals surface area (Å²) in [5.41, 5.74) is 8.48. The van der Waals surface area contributed by atoms with E-state index in [1.54, 1.807) is 6.20 Å². The lowest BCUT2D eigenvalue weighted by Gasteiger charge is -2.23. The van der Waals surface area contributed by atoms with Crippen molar-refractivity contribution in [2.24, 2.45) is 0 Å². The van der Waals surface area contributed by atoms with Crippen LogP contribution in [0.15, 0.2) is 29.1 Å². The van der Waals surface area contributed by atoms with E-state index in [9.17, 15) is 0 Å². The van der Waals surface area contributed by atoms with Crippen LogP contribution in [0.4, 0.5) is 5.69 Å². The van der Waals surface area contributed by atoms with Gasteiger partial charge in [0, 0.05) is 23.2 Å². The molecular formula is C14H15N5O2. The van der Waals surface area contributed by atoms with E-state index in [2.05, 4.69) is 15.3 Å². The summed E-state index contributed by atoms with van der Waals surface area (Å²) >= 11 is 0. The summed E-state index contributed by atoms with van der Waals surface area (Å²) in [5.74, 6) is 0.445. The summed E-state index contributed by atoms with van der Waals surface area (Å²) in [6.45, 7) is 0.769. The molecule has 2 aromatic heterocycles. The van der Waals surface area contributed by atoms with Crippen LogP contribution in [0.3, 0.4) is 0 Å². The van der Waals surface area contributed by atoms with Crippen molar-refractivity contribution < 1.29 is 9.15 Å². The quantitative estimate of drug-likeness (QED) is 0.727. The first-order chi connectivity index (χ1) is 10.3. The number of fused-ring (bicyclic) bond motifs is 1. The van der Waals surface area contributed by atoms with E-state index in [4.69, 9.17) is 14.9 Å². The number of nitrogens with zero attached hydrogens (tertiary/aromatic N) is 4. The molecule has 0 spiro atoms. The number of hydrogen-bond acceptors (Lipinski definition) is 6. The Morgan fingerprint density at radius 2 is 2.24 bits per heavy atom. The molecule has 0 saturated carbocycles. The highest BCUT2D eigenvalue weighted by molar-refractivity contribution is 5.93. The third-order valence-corrected chi connectivity index (χ3v) is 3.78. The molecule has 4 rings (SSSR count). The van der Waals surface area contributed by atoms with E-state index in [1.165, 1.54) is 6.39 Å². The summed E-state index contributed by atoms with van der Waals surface area (Å²) in [4.78, 5) is 0. The van der Waals surface area contributed by atoms with Gasteiger partial charge >= 0.3 is 0 Å². The Kier molecular flexibility index (Phi) is 2.85. The third kappa shape index (κ3) is 2.06. The highest BCUT2D eigenvalue weighted by Crippen LogP contribution is 2.32. The first-order valence-corrected chi connectivity index (χ1v) is 6.98. The highest BCUT2D eigenvalue weighted by Gasteiger charge is 2.20. The van der Waals surface area contributed by atoms with Gasteiger partial charge in [0.2, 0.25) is 12.3 Å². The van der Waals surface area contributed by atoms with Crippen molar-refractivity contribution in [2.75, 3.05) is 12.3 Å². The van der Waals surface area contributed by atoms with Crippen LogP contribution < -0.4 is 5.73 Å². The van der Waals surface area contributed by atoms with Gasteiger partial charge in [-0.05, 0) is 31.4 Å². The predicted octanol–water partition coefficient (Wildman–Crippen LogP) is 2.37. The molecule has 0 bridgehead atoms. The van der Waals surface area contributed by atoms with E-state index < -0.39 is 0 Å². The van der Waals surface area contributed by atoms with E-state index >= 15 is 0 Å². The van der Waals surface area contributed by atoms with Crippen LogP contribution in [0.5, 0.6) is 0 Å². The molecule has 1 aliphatic heterocycles. The minimum absolute atomic E-state index is 0.0337. The van der Waals surface area contributed by atoms with E-state index in [0.29, 0.717) is 11.6 Å². The zero-order valence-electron chi connectivity index (χ0n) is 11.4. The number of benzene rings is 1. The van der Waals surface area contributed by atoms with Gasteiger partial charge in [-0.3, -0.25) is 0 Å². The molecule has 1 atom stereocenters. The number of nitrogen functional groups attached to an aromatic ring is 1. The Hall–Kier alpha value is -2.41. The average molecular weight is 285 g/mol. The SMILES string of the molecule is Nc1cc(-c2nnco2)cc2c1cnn2C1CCCCO1. The Morgan fingerprint density at radius 3 is 3.00 bits per heavy atom. The summed E-state index contributed by atoms with van der Waals surface area (Å²) in [5, 5.41) is 13.0. The van der Waals surface area contributed by atoms with Crippen molar-refractivity contribution in [3.63, 3.8) is 0 Å². The second-order valence-corrected chi connectivity index (χ2v) is 5.15. The fraction of sp³-hybridized carbons (Fsp3) is 0.357. The van der Waals surface area contributed by atoms with Crippen LogP contribution in [-0.2, 0) is 4.74 Å². The van der Waals surface area contributed by atoms with E-state index in [1.807, 2.05) is 16.8 Å². The molecule has 0 amide bonds. The van der Waals surface area contributed by atoms with Crippen molar-refractivity contribution in [3.05, 3.63) is 24.7 Å². The lowest BCUT2D eigenvalue weighted by Crippen LogP contribution is -2.19. The highest BCUT2D eigenvalue weighted by atomic mass is 16.5. The summed E-state index contributed by atoms with van der Waals surface area (Å²) < 4.78 is 12.9. The topological polar surface area (TPSA) is 92.0 Å². The molecule has 1 aromatic carbocycles. The normalized spacial score (nSPS) is 19.1. The predicted molar refractivity (Wildman–Crippen MR) is 76.3 cm³/mol. The fourth-order valence-corrected chi connectivity index (χ4v) is 2.74. The molecule has 2 N–H and O–H groups in total. The standard InChI is InChI=1S/C14H15N5O2/c15-11-5-9(14-18-16-8-21-14)6-12-10(11)7-17-19(12)13-3-1-2-4-20-13/h5-8,13H,1-4,15H2. The van der Waals surface area contributed by atoms with E-state index in [0.717, 1.165) is 42.3 Å². The van der Waals surface area contributed by atoms with Crippen molar-refractivity contribution in [1.29, 1.82) is 0 Å². The van der Waals surface area contributed by atoms with Crippen molar-refractivity contribution in [1.82, 2.24) is 20.0 Å². The maximum atomic E-state index is 6.12. The number of ether oxygens (including phenoxy) is 1. The largest absolute Gasteiger partial charge is 0.423 e. The Labute approximate surface area is 120 Å². The first kappa shape index (κ1) is 12.3. The number of nitrogens with two attached hydrogens (primary N) is 1. The first-order valence-electron chi connectivity index (χ1n) is 6.98. The molecule has 3 heterocycles. The zero-order chi connectivity index (χ0) is 14.2. The van der Waals surface area contributed by atoms with Crippen LogP contribution in [0, 0.1) is 0 Å². The van der Waals surface area contributed by atoms with Crippen LogP contribution >= 0.6 is 0 Å². The average Bonchev–Trinajstić information content (AvgIpc) is 3.18. The molecule has 0 radical (unpaired) electrons. The van der Waals surface area contributed by atoms with Gasteiger partial charge in [-0.2, -0.15) is 5.10 Å². The van der Waals surface area contributed by atoms with Gasteiger partial charge in [0.25, 0.3) is 0 Å². The molecule has 1 saturated heterocycles. The molecule has 7 nitrogen and oxygen atoms in total. The minimum Gasteiger partial charge on any atom is -0.423 e. The number of rotatable bonds is 2. The Bertz CT molecular complexity index is 759. The molecule has 1 aliphatic rings. The maximum absolute atomic E-state index is 6.12. The molecule has 1 fully saturated rings. The minimum atomic E-state index is -0.0337. The second-order valence-electron chi connectivity index (χ2n) is 5.15. The lowest BCUT2D eigenvalue weighted by atomic mass is 10.1. The molecule has 7 heteroatoms. The fourth-order valence-electron chi connectivity index (χ4n) is 2.74. The monoisotopic (exact) mass is 285 g/mol. The van der Waals surface area contributed by atoms with E-state index in [-0.39, 0.29) is 6.23 Å². The lowest BCUT2D eigenvalue weighted by molar-refractivity contribution is -0.0366. The van der Waals surface area contributed by atoms with Gasteiger partial charge in [-0.25, -0.2) is 4.68 Å². The molecule has 108 valence electrons. The van der Waals surface area contributed by atoms with Crippen LogP contribution in [0.25, 0.3) is 22.4 Å². The Morgan fingerprint density at radius 1 is 1.29 bits per heavy atom. The molecule has 21 heavy (non-hydrogen) atoms. The van der Waals surface area contributed by atoms with Gasteiger partial charge < -0.3 is 14.9 Å². The molecule has 3 aromatic rings. The van der Waals surface area contributed by atoms with Crippen molar-refractivity contribution >= 4 is 16.6 Å². The summed E-state index contributed by atoms with van der Waals surface area (Å²) in [6.07, 6.45) is 6.25. The van der Waals surface area contributed by atoms with Crippen LogP contribution in [0.1, 0.15) is 25.5 Å². The molecular weight excluding hydrogens is 270 g/mol. The van der Waals surface area contributed by atoms with Gasteiger partial charge in [0.1, 0.15) is 0 Å². The summed E-state index contributed by atoms with van der Waals surface area (Å²) in [6, 6.07) is 3.79.